The molecule has 0 unspecified atom stereocenters. The molecule has 0 spiro atoms. The minimum Gasteiger partial charge on any atom is -0.306 e. The van der Waals surface area contributed by atoms with E-state index in [0.717, 1.165) is 110 Å². The monoisotopic (exact) mass is 818 g/mol. The van der Waals surface area contributed by atoms with Crippen LogP contribution in [0.4, 0.5) is 0 Å². The van der Waals surface area contributed by atoms with Crippen molar-refractivity contribution in [2.24, 2.45) is 0 Å². The number of hydrogen-bond acceptors (Lipinski definition) is 2. The van der Waals surface area contributed by atoms with Gasteiger partial charge in [-0.15, -0.1) is 0 Å². The molecule has 64 heavy (non-hydrogen) atoms. The number of pyridine rings is 2. The van der Waals surface area contributed by atoms with Gasteiger partial charge >= 0.3 is 0 Å². The molecular formula is C58H38N6. The first-order valence-electron chi connectivity index (χ1n) is 21.7. The molecule has 6 nitrogen and oxygen atoms in total. The van der Waals surface area contributed by atoms with Crippen LogP contribution in [-0.4, -0.2) is 28.2 Å². The van der Waals surface area contributed by atoms with E-state index in [1.54, 1.807) is 0 Å². The lowest BCUT2D eigenvalue weighted by molar-refractivity contribution is 1.09. The van der Waals surface area contributed by atoms with Crippen molar-refractivity contribution in [3.05, 3.63) is 231 Å². The highest BCUT2D eigenvalue weighted by Gasteiger charge is 2.20. The molecule has 0 fully saturated rings. The van der Waals surface area contributed by atoms with Gasteiger partial charge in [-0.1, -0.05) is 109 Å². The summed E-state index contributed by atoms with van der Waals surface area (Å²) < 4.78 is 9.59. The maximum absolute atomic E-state index is 5.31. The Kier molecular flexibility index (Phi) is 8.11. The van der Waals surface area contributed by atoms with Crippen molar-refractivity contribution in [2.45, 2.75) is 0 Å². The molecule has 4 heterocycles. The normalized spacial score (nSPS) is 11.8. The van der Waals surface area contributed by atoms with Crippen LogP contribution in [0.3, 0.4) is 0 Å². The number of hydrogen-bond donors (Lipinski definition) is 0. The number of benzene rings is 8. The number of nitrogens with zero attached hydrogens (tertiary/aromatic N) is 6. The van der Waals surface area contributed by atoms with E-state index in [-0.39, 0.29) is 0 Å². The number of para-hydroxylation sites is 8. The lowest BCUT2D eigenvalue weighted by Gasteiger charge is -2.23. The molecule has 0 atom stereocenters. The summed E-state index contributed by atoms with van der Waals surface area (Å²) in [5.74, 6) is 0. The molecule has 0 amide bonds. The molecule has 13 aromatic rings. The van der Waals surface area contributed by atoms with Crippen LogP contribution in [-0.2, 0) is 0 Å². The van der Waals surface area contributed by atoms with E-state index >= 15 is 0 Å². The van der Waals surface area contributed by atoms with E-state index in [9.17, 15) is 0 Å². The maximum atomic E-state index is 5.31. The van der Waals surface area contributed by atoms with Gasteiger partial charge in [-0.25, -0.2) is 0 Å². The second kappa shape index (κ2) is 14.4. The van der Waals surface area contributed by atoms with Gasteiger partial charge < -0.3 is 18.3 Å². The molecule has 4 aromatic heterocycles. The van der Waals surface area contributed by atoms with Crippen LogP contribution >= 0.6 is 0 Å². The van der Waals surface area contributed by atoms with Crippen molar-refractivity contribution < 1.29 is 0 Å². The van der Waals surface area contributed by atoms with Crippen molar-refractivity contribution in [3.63, 3.8) is 0 Å². The second-order valence-electron chi connectivity index (χ2n) is 16.2. The maximum Gasteiger partial charge on any atom is 0.0787 e. The Hall–Kier alpha value is -8.74. The summed E-state index contributed by atoms with van der Waals surface area (Å²) >= 11 is 0. The van der Waals surface area contributed by atoms with Crippen molar-refractivity contribution in [1.82, 2.24) is 28.2 Å². The molecule has 0 saturated heterocycles. The molecule has 9 aromatic carbocycles. The summed E-state index contributed by atoms with van der Waals surface area (Å²) in [5.41, 5.74) is 14.8. The average molecular weight is 819 g/mol. The van der Waals surface area contributed by atoms with E-state index in [4.69, 9.17) is 9.97 Å². The third kappa shape index (κ3) is 5.46. The standard InChI is InChI=1S/C58H38N6/c1-5-19-39(20-6-1)61-49-29-13-15-31-51(49)63(41-23-9-3-10-24-41)55-37-47-45(35-53(55)61)43-27-17-33-59-57(43)48-38-56-54(36-46(48)44-28-18-34-60-58(44)47)62(40-21-7-2-8-22-40)50-30-14-16-32-52(50)64(56)42-25-11-4-12-26-42/h1-38H. The fraction of sp³-hybridized carbons (Fsp3) is 0. The van der Waals surface area contributed by atoms with Gasteiger partial charge in [0, 0.05) is 56.7 Å². The van der Waals surface area contributed by atoms with E-state index in [2.05, 4.69) is 237 Å². The van der Waals surface area contributed by atoms with Crippen LogP contribution < -0.4 is 0 Å². The van der Waals surface area contributed by atoms with Gasteiger partial charge in [-0.2, -0.15) is 0 Å². The predicted octanol–water partition coefficient (Wildman–Crippen LogP) is 14.6. The Bertz CT molecular complexity index is 3520. The minimum absolute atomic E-state index is 0.913. The van der Waals surface area contributed by atoms with Gasteiger partial charge in [-0.3, -0.25) is 9.97 Å². The molecule has 6 heteroatoms. The van der Waals surface area contributed by atoms with E-state index in [1.807, 2.05) is 12.4 Å². The Balaban J connectivity index is 1.30. The fourth-order valence-corrected chi connectivity index (χ4v) is 10.0. The molecule has 0 aliphatic carbocycles. The van der Waals surface area contributed by atoms with Crippen LogP contribution in [0.1, 0.15) is 0 Å². The van der Waals surface area contributed by atoms with Gasteiger partial charge in [0.25, 0.3) is 0 Å². The van der Waals surface area contributed by atoms with Gasteiger partial charge in [-0.05, 0) is 120 Å². The summed E-state index contributed by atoms with van der Waals surface area (Å²) in [4.78, 5) is 10.6. The zero-order chi connectivity index (χ0) is 42.1. The fourth-order valence-electron chi connectivity index (χ4n) is 10.0. The van der Waals surface area contributed by atoms with Crippen LogP contribution in [0.25, 0.3) is 110 Å². The highest BCUT2D eigenvalue weighted by Crippen LogP contribution is 2.41. The summed E-state index contributed by atoms with van der Waals surface area (Å²) in [6.07, 6.45) is 3.85. The summed E-state index contributed by atoms with van der Waals surface area (Å²) in [6.45, 7) is 0. The van der Waals surface area contributed by atoms with Crippen molar-refractivity contribution in [3.8, 4) is 22.7 Å². The number of rotatable bonds is 4. The molecule has 0 N–H and O–H groups in total. The molecule has 0 radical (unpaired) electrons. The minimum atomic E-state index is 0.913. The van der Waals surface area contributed by atoms with E-state index < -0.39 is 0 Å². The third-order valence-electron chi connectivity index (χ3n) is 12.7. The summed E-state index contributed by atoms with van der Waals surface area (Å²) in [6, 6.07) is 78.2. The molecule has 0 aliphatic heterocycles. The first-order chi connectivity index (χ1) is 31.8. The quantitative estimate of drug-likeness (QED) is 0.166. The molecule has 0 saturated carbocycles. The zero-order valence-corrected chi connectivity index (χ0v) is 34.6. The van der Waals surface area contributed by atoms with E-state index in [1.165, 1.54) is 0 Å². The third-order valence-corrected chi connectivity index (χ3v) is 12.7. The predicted molar refractivity (Wildman–Crippen MR) is 266 cm³/mol. The zero-order valence-electron chi connectivity index (χ0n) is 34.6. The van der Waals surface area contributed by atoms with Gasteiger partial charge in [0.15, 0.2) is 0 Å². The molecular weight excluding hydrogens is 781 g/mol. The largest absolute Gasteiger partial charge is 0.306 e. The van der Waals surface area contributed by atoms with Gasteiger partial charge in [0.2, 0.25) is 0 Å². The average Bonchev–Trinajstić information content (AvgIpc) is 3.37. The van der Waals surface area contributed by atoms with Crippen LogP contribution in [0.15, 0.2) is 231 Å². The van der Waals surface area contributed by atoms with Crippen LogP contribution in [0.5, 0.6) is 0 Å². The first kappa shape index (κ1) is 36.0. The molecule has 300 valence electrons. The highest BCUT2D eigenvalue weighted by molar-refractivity contribution is 6.27. The van der Waals surface area contributed by atoms with Crippen molar-refractivity contribution in [1.29, 1.82) is 0 Å². The SMILES string of the molecule is c1ccc(-n2c3ccccc3n(-c3ccccc3)c3cc4c(cc32)c2cccnc2c2cc3c(cc2c2cccnc24)n(-c2ccccc2)c2ccccc2n3-c2ccccc2)cc1. The Morgan fingerprint density at radius 1 is 0.219 bits per heavy atom. The Morgan fingerprint density at radius 2 is 0.484 bits per heavy atom. The second-order valence-corrected chi connectivity index (χ2v) is 16.2. The van der Waals surface area contributed by atoms with Gasteiger partial charge in [0.05, 0.1) is 55.2 Å². The molecule has 0 bridgehead atoms. The molecule has 0 aliphatic rings. The van der Waals surface area contributed by atoms with Crippen LogP contribution in [0.2, 0.25) is 0 Å². The number of fused-ring (bicyclic) bond motifs is 12. The van der Waals surface area contributed by atoms with Crippen LogP contribution in [0, 0.1) is 0 Å². The highest BCUT2D eigenvalue weighted by atomic mass is 15.1. The summed E-state index contributed by atoms with van der Waals surface area (Å²) in [7, 11) is 0. The Labute approximate surface area is 367 Å². The van der Waals surface area contributed by atoms with Crippen molar-refractivity contribution >= 4 is 87.5 Å². The smallest absolute Gasteiger partial charge is 0.0787 e. The van der Waals surface area contributed by atoms with Gasteiger partial charge in [0.1, 0.15) is 0 Å². The molecule has 13 rings (SSSR count). The first-order valence-corrected chi connectivity index (χ1v) is 21.7. The topological polar surface area (TPSA) is 45.5 Å². The van der Waals surface area contributed by atoms with Crippen molar-refractivity contribution in [2.75, 3.05) is 0 Å². The summed E-state index contributed by atoms with van der Waals surface area (Å²) in [5, 5.41) is 6.29. The number of aromatic nitrogens is 6. The lowest BCUT2D eigenvalue weighted by atomic mass is 9.97. The lowest BCUT2D eigenvalue weighted by Crippen LogP contribution is -2.08. The van der Waals surface area contributed by atoms with E-state index in [0.29, 0.717) is 0 Å². The Morgan fingerprint density at radius 3 is 0.781 bits per heavy atom.